The van der Waals surface area contributed by atoms with Gasteiger partial charge in [0, 0.05) is 52.1 Å². The van der Waals surface area contributed by atoms with E-state index in [0.717, 1.165) is 43.0 Å². The Labute approximate surface area is 561 Å². The summed E-state index contributed by atoms with van der Waals surface area (Å²) >= 11 is 0. The van der Waals surface area contributed by atoms with Crippen LogP contribution in [0, 0.1) is 55.3 Å². The first-order valence-corrected chi connectivity index (χ1v) is 30.8. The van der Waals surface area contributed by atoms with Crippen LogP contribution in [0.25, 0.3) is 18.2 Å². The number of halogens is 2. The first-order chi connectivity index (χ1) is 46.5. The fraction of sp³-hybridized carbons (Fsp3) is 0.230. The molecule has 0 atom stereocenters. The number of ether oxygens (including phenoxy) is 1. The number of aromatic nitrogens is 8. The maximum Gasteiger partial charge on any atom is 0.329 e. The second-order valence-electron chi connectivity index (χ2n) is 23.8. The maximum atomic E-state index is 14.6. The van der Waals surface area contributed by atoms with Crippen LogP contribution in [0.5, 0.6) is 5.75 Å². The van der Waals surface area contributed by atoms with Crippen molar-refractivity contribution in [3.05, 3.63) is 296 Å². The fourth-order valence-electron chi connectivity index (χ4n) is 11.0. The standard InChI is InChI=1S/C32H30FN5O4.C24H25FN4O3.C18H17N3O3/c1-19(2)28-29(30(39)24-13-20(3)12-22(14-24)6-5-11-34)38(32(41)37-31(28)40)18-23-15-26(33)36-27(16-23)35-17-21-7-9-25(42-4)10-8-21;1-5-6-15-7-14(4)8-17(9-15)22(30)21-20(13(2)3)23(31)28-24(32)29(21)12-16-10-18(25)27-19(26)11-16;1-10(2)14-15(20-18(24)21-17(14)23)16(22)13-8-11(3)7-12(9-13)5-4-6-19/h5-10,12-16,19H,17-18H2,1-4H3,(H,35,36)(H,37,40,41);5-11,13H,12H2,1-4H3,(H2,26,27)(H,28,31,32);4-5,7-10H,1-3H3,(H2,20,21,23,24)/b2*6-5+;5-4+. The number of benzene rings is 4. The Balaban J connectivity index is 0.000000215. The number of nitriles is 2. The SMILES string of the molecule is C/C=C/c1cc(C)cc(C(=O)c2c(C(C)C)c(=O)[nH]c(=O)n2Cc2cc(N)nc(F)c2)c1.COc1ccc(CNc2cc(Cn3c(C(=O)c4cc(C)cc(/C=C/C#N)c4)c(C(C)C)c(=O)[nH]c3=O)cc(F)n2)cc1.Cc1cc(/C=C/C#N)cc(C(=O)c2[nH]c(=O)[nH]c(=O)c2C(C)C)c1. The van der Waals surface area contributed by atoms with E-state index in [1.54, 1.807) is 116 Å². The number of ketones is 3. The molecule has 22 nitrogen and oxygen atoms in total. The van der Waals surface area contributed by atoms with Crippen LogP contribution in [0.2, 0.25) is 0 Å². The van der Waals surface area contributed by atoms with Gasteiger partial charge in [0.15, 0.2) is 0 Å². The van der Waals surface area contributed by atoms with E-state index >= 15 is 0 Å². The molecule has 0 aliphatic carbocycles. The Hall–Kier alpha value is -12.3. The fourth-order valence-corrected chi connectivity index (χ4v) is 11.0. The zero-order valence-electron chi connectivity index (χ0n) is 55.7. The average molecular weight is 1330 g/mol. The second-order valence-corrected chi connectivity index (χ2v) is 23.8. The normalized spacial score (nSPS) is 11.2. The number of nitrogens with zero attached hydrogens (tertiary/aromatic N) is 6. The number of hydrogen-bond acceptors (Lipinski definition) is 16. The van der Waals surface area contributed by atoms with Crippen molar-refractivity contribution in [1.82, 2.24) is 39.0 Å². The lowest BCUT2D eigenvalue weighted by molar-refractivity contribution is 0.101. The number of aryl methyl sites for hydroxylation is 3. The summed E-state index contributed by atoms with van der Waals surface area (Å²) in [6.45, 7) is 17.9. The highest BCUT2D eigenvalue weighted by atomic mass is 19.1. The van der Waals surface area contributed by atoms with Crippen LogP contribution in [0.3, 0.4) is 0 Å². The Morgan fingerprint density at radius 3 is 1.42 bits per heavy atom. The number of anilines is 2. The van der Waals surface area contributed by atoms with Crippen LogP contribution >= 0.6 is 0 Å². The molecule has 0 aliphatic rings. The van der Waals surface area contributed by atoms with Gasteiger partial charge in [0.05, 0.1) is 38.0 Å². The third-order valence-electron chi connectivity index (χ3n) is 15.0. The molecular formula is C74H72F2N12O10. The van der Waals surface area contributed by atoms with E-state index in [1.807, 2.05) is 81.5 Å². The number of methoxy groups -OCH3 is 1. The molecule has 0 spiro atoms. The molecule has 502 valence electrons. The van der Waals surface area contributed by atoms with Gasteiger partial charge in [0.1, 0.15) is 28.8 Å². The quantitative estimate of drug-likeness (QED) is 0.0235. The number of H-pyrrole nitrogens is 4. The Morgan fingerprint density at radius 1 is 0.561 bits per heavy atom. The van der Waals surface area contributed by atoms with E-state index in [2.05, 4.69) is 35.2 Å². The van der Waals surface area contributed by atoms with Gasteiger partial charge < -0.3 is 20.8 Å². The molecule has 0 fully saturated rings. The molecule has 0 saturated heterocycles. The van der Waals surface area contributed by atoms with Gasteiger partial charge in [-0.1, -0.05) is 84.0 Å². The third kappa shape index (κ3) is 18.5. The predicted octanol–water partition coefficient (Wildman–Crippen LogP) is 10.6. The number of allylic oxidation sites excluding steroid dienone is 3. The Bertz CT molecular complexity index is 5090. The van der Waals surface area contributed by atoms with Crippen LogP contribution in [-0.4, -0.2) is 63.5 Å². The van der Waals surface area contributed by atoms with Crippen LogP contribution in [-0.2, 0) is 19.6 Å². The summed E-state index contributed by atoms with van der Waals surface area (Å²) in [4.78, 5) is 132. The minimum atomic E-state index is -0.802. The van der Waals surface area contributed by atoms with Gasteiger partial charge in [-0.15, -0.1) is 0 Å². The summed E-state index contributed by atoms with van der Waals surface area (Å²) in [7, 11) is 1.58. The van der Waals surface area contributed by atoms with E-state index < -0.39 is 68.9 Å². The summed E-state index contributed by atoms with van der Waals surface area (Å²) < 4.78 is 35.9. The molecule has 5 heterocycles. The summed E-state index contributed by atoms with van der Waals surface area (Å²) in [5.74, 6) is -3.09. The van der Waals surface area contributed by atoms with Gasteiger partial charge in [-0.25, -0.2) is 24.4 Å². The summed E-state index contributed by atoms with van der Waals surface area (Å²) in [6, 6.07) is 32.0. The van der Waals surface area contributed by atoms with Crippen molar-refractivity contribution in [1.29, 1.82) is 10.5 Å². The number of aromatic amines is 4. The molecule has 0 unspecified atom stereocenters. The van der Waals surface area contributed by atoms with Gasteiger partial charge in [-0.2, -0.15) is 19.3 Å². The van der Waals surface area contributed by atoms with Crippen molar-refractivity contribution in [3.8, 4) is 17.9 Å². The lowest BCUT2D eigenvalue weighted by atomic mass is 9.95. The Kier molecular flexibility index (Phi) is 24.4. The predicted molar refractivity (Wildman–Crippen MR) is 372 cm³/mol. The highest BCUT2D eigenvalue weighted by Gasteiger charge is 2.28. The van der Waals surface area contributed by atoms with Gasteiger partial charge >= 0.3 is 17.1 Å². The molecule has 0 saturated carbocycles. The first-order valence-electron chi connectivity index (χ1n) is 30.8. The molecule has 98 heavy (non-hydrogen) atoms. The summed E-state index contributed by atoms with van der Waals surface area (Å²) in [5.41, 5.74) is 9.12. The molecule has 4 aromatic carbocycles. The van der Waals surface area contributed by atoms with Crippen LogP contribution in [0.15, 0.2) is 150 Å². The summed E-state index contributed by atoms with van der Waals surface area (Å²) in [5, 5.41) is 20.6. The van der Waals surface area contributed by atoms with Crippen molar-refractivity contribution in [3.63, 3.8) is 0 Å². The Morgan fingerprint density at radius 2 is 0.990 bits per heavy atom. The van der Waals surface area contributed by atoms with E-state index in [0.29, 0.717) is 45.7 Å². The number of rotatable bonds is 20. The molecule has 5 aromatic heterocycles. The molecule has 0 amide bonds. The molecule has 0 radical (unpaired) electrons. The van der Waals surface area contributed by atoms with Crippen molar-refractivity contribution in [2.75, 3.05) is 18.2 Å². The van der Waals surface area contributed by atoms with E-state index in [1.165, 1.54) is 24.3 Å². The zero-order chi connectivity index (χ0) is 71.8. The highest BCUT2D eigenvalue weighted by Crippen LogP contribution is 2.26. The second kappa shape index (κ2) is 32.7. The minimum absolute atomic E-state index is 0.000405. The van der Waals surface area contributed by atoms with Gasteiger partial charge in [0.2, 0.25) is 29.2 Å². The van der Waals surface area contributed by atoms with E-state index in [4.69, 9.17) is 21.0 Å². The lowest BCUT2D eigenvalue weighted by Crippen LogP contribution is -2.38. The largest absolute Gasteiger partial charge is 0.497 e. The number of carbonyl (C=O) groups excluding carboxylic acids is 3. The van der Waals surface area contributed by atoms with Gasteiger partial charge in [-0.05, 0) is 180 Å². The number of nitrogens with two attached hydrogens (primary N) is 1. The molecule has 24 heteroatoms. The number of hydrogen-bond donors (Lipinski definition) is 6. The number of pyridine rings is 2. The number of nitrogen functional groups attached to an aromatic ring is 1. The van der Waals surface area contributed by atoms with Gasteiger partial charge in [0.25, 0.3) is 16.7 Å². The third-order valence-corrected chi connectivity index (χ3v) is 15.0. The smallest absolute Gasteiger partial charge is 0.329 e. The highest BCUT2D eigenvalue weighted by molar-refractivity contribution is 6.10. The van der Waals surface area contributed by atoms with Crippen molar-refractivity contribution >= 4 is 47.2 Å². The molecule has 0 aliphatic heterocycles. The molecule has 7 N–H and O–H groups in total. The monoisotopic (exact) mass is 1330 g/mol. The van der Waals surface area contributed by atoms with Crippen LogP contribution in [0.4, 0.5) is 20.4 Å². The number of nitrogens with one attached hydrogen (secondary N) is 5. The molecule has 9 rings (SSSR count). The van der Waals surface area contributed by atoms with Crippen LogP contribution < -0.4 is 49.5 Å². The van der Waals surface area contributed by atoms with Crippen molar-refractivity contribution < 1.29 is 27.9 Å². The van der Waals surface area contributed by atoms with Crippen molar-refractivity contribution in [2.24, 2.45) is 0 Å². The molecule has 0 bridgehead atoms. The first kappa shape index (κ1) is 73.1. The maximum absolute atomic E-state index is 14.6. The lowest BCUT2D eigenvalue weighted by Gasteiger charge is -2.18. The topological polar surface area (TPSA) is 347 Å². The van der Waals surface area contributed by atoms with E-state index in [-0.39, 0.29) is 75.9 Å². The molecular weight excluding hydrogens is 1250 g/mol. The van der Waals surface area contributed by atoms with Crippen LogP contribution in [0.1, 0.15) is 181 Å². The van der Waals surface area contributed by atoms with Gasteiger partial charge in [-0.3, -0.25) is 52.9 Å². The zero-order valence-corrected chi connectivity index (χ0v) is 55.7. The summed E-state index contributed by atoms with van der Waals surface area (Å²) in [6.07, 6.45) is 9.49. The number of carbonyl (C=O) groups is 3. The minimum Gasteiger partial charge on any atom is -0.497 e. The van der Waals surface area contributed by atoms with E-state index in [9.17, 15) is 51.9 Å². The molecule has 9 aromatic rings. The average Bonchev–Trinajstić information content (AvgIpc) is 0.771. The van der Waals surface area contributed by atoms with Crippen molar-refractivity contribution in [2.45, 2.75) is 107 Å².